The lowest BCUT2D eigenvalue weighted by Gasteiger charge is -2.46. The van der Waals surface area contributed by atoms with Crippen molar-refractivity contribution in [3.63, 3.8) is 0 Å². The predicted molar refractivity (Wildman–Crippen MR) is 67.6 cm³/mol. The standard InChI is InChI=1S/C12H27N3O/c1-12(2)10-15(7-6-14(12)3)9-11(13)5-8-16-4/h11H,5-10,13H2,1-4H3. The molecule has 4 heteroatoms. The second-order valence-corrected chi connectivity index (χ2v) is 5.51. The first-order valence-corrected chi connectivity index (χ1v) is 6.14. The maximum atomic E-state index is 6.08. The van der Waals surface area contributed by atoms with Crippen LogP contribution in [0.3, 0.4) is 0 Å². The number of nitrogens with two attached hydrogens (primary N) is 1. The highest BCUT2D eigenvalue weighted by Crippen LogP contribution is 2.18. The van der Waals surface area contributed by atoms with Crippen molar-refractivity contribution in [3.05, 3.63) is 0 Å². The highest BCUT2D eigenvalue weighted by Gasteiger charge is 2.31. The van der Waals surface area contributed by atoms with Gasteiger partial charge < -0.3 is 10.5 Å². The molecule has 0 spiro atoms. The van der Waals surface area contributed by atoms with Gasteiger partial charge in [0.05, 0.1) is 0 Å². The SMILES string of the molecule is COCCC(N)CN1CCN(C)C(C)(C)C1. The Morgan fingerprint density at radius 3 is 2.62 bits per heavy atom. The van der Waals surface area contributed by atoms with E-state index in [0.717, 1.165) is 39.2 Å². The molecule has 1 fully saturated rings. The summed E-state index contributed by atoms with van der Waals surface area (Å²) in [4.78, 5) is 4.89. The molecule has 4 nitrogen and oxygen atoms in total. The molecule has 1 aliphatic heterocycles. The lowest BCUT2D eigenvalue weighted by molar-refractivity contribution is 0.0355. The van der Waals surface area contributed by atoms with Crippen molar-refractivity contribution < 1.29 is 4.74 Å². The van der Waals surface area contributed by atoms with Gasteiger partial charge in [0.25, 0.3) is 0 Å². The second-order valence-electron chi connectivity index (χ2n) is 5.51. The van der Waals surface area contributed by atoms with Crippen LogP contribution in [0.1, 0.15) is 20.3 Å². The van der Waals surface area contributed by atoms with E-state index in [-0.39, 0.29) is 11.6 Å². The molecule has 0 aromatic carbocycles. The van der Waals surface area contributed by atoms with Crippen molar-refractivity contribution >= 4 is 0 Å². The number of nitrogens with zero attached hydrogens (tertiary/aromatic N) is 2. The molecule has 1 heterocycles. The monoisotopic (exact) mass is 229 g/mol. The largest absolute Gasteiger partial charge is 0.385 e. The van der Waals surface area contributed by atoms with Gasteiger partial charge in [0.1, 0.15) is 0 Å². The van der Waals surface area contributed by atoms with Crippen LogP contribution < -0.4 is 5.73 Å². The molecule has 0 aromatic rings. The minimum absolute atomic E-state index is 0.235. The smallest absolute Gasteiger partial charge is 0.0477 e. The van der Waals surface area contributed by atoms with Crippen molar-refractivity contribution in [1.82, 2.24) is 9.80 Å². The van der Waals surface area contributed by atoms with Gasteiger partial charge in [0, 0.05) is 51.5 Å². The third kappa shape index (κ3) is 4.01. The first kappa shape index (κ1) is 13.9. The second kappa shape index (κ2) is 5.96. The van der Waals surface area contributed by atoms with Gasteiger partial charge in [-0.2, -0.15) is 0 Å². The minimum atomic E-state index is 0.235. The number of rotatable bonds is 5. The van der Waals surface area contributed by atoms with E-state index in [2.05, 4.69) is 30.7 Å². The fourth-order valence-electron chi connectivity index (χ4n) is 2.19. The molecule has 1 unspecified atom stereocenters. The Hall–Kier alpha value is -0.160. The zero-order valence-electron chi connectivity index (χ0n) is 11.2. The van der Waals surface area contributed by atoms with Crippen LogP contribution in [0.4, 0.5) is 0 Å². The highest BCUT2D eigenvalue weighted by atomic mass is 16.5. The van der Waals surface area contributed by atoms with Crippen LogP contribution in [0.15, 0.2) is 0 Å². The van der Waals surface area contributed by atoms with E-state index in [4.69, 9.17) is 10.5 Å². The van der Waals surface area contributed by atoms with Gasteiger partial charge in [-0.3, -0.25) is 9.80 Å². The highest BCUT2D eigenvalue weighted by molar-refractivity contribution is 4.89. The Bertz CT molecular complexity index is 208. The van der Waals surface area contributed by atoms with Crippen molar-refractivity contribution in [2.24, 2.45) is 5.73 Å². The predicted octanol–water partition coefficient (Wildman–Crippen LogP) is 0.376. The van der Waals surface area contributed by atoms with Gasteiger partial charge in [-0.1, -0.05) is 0 Å². The van der Waals surface area contributed by atoms with E-state index in [1.165, 1.54) is 0 Å². The van der Waals surface area contributed by atoms with Gasteiger partial charge in [-0.25, -0.2) is 0 Å². The van der Waals surface area contributed by atoms with Crippen LogP contribution in [0.2, 0.25) is 0 Å². The van der Waals surface area contributed by atoms with Crippen LogP contribution in [0.25, 0.3) is 0 Å². The summed E-state index contributed by atoms with van der Waals surface area (Å²) >= 11 is 0. The fraction of sp³-hybridized carbons (Fsp3) is 1.00. The zero-order valence-corrected chi connectivity index (χ0v) is 11.2. The van der Waals surface area contributed by atoms with Crippen LogP contribution in [-0.4, -0.2) is 68.3 Å². The third-order valence-electron chi connectivity index (χ3n) is 3.58. The summed E-state index contributed by atoms with van der Waals surface area (Å²) in [6.07, 6.45) is 0.948. The number of hydrogen-bond donors (Lipinski definition) is 1. The van der Waals surface area contributed by atoms with Gasteiger partial charge in [0.2, 0.25) is 0 Å². The maximum absolute atomic E-state index is 6.08. The Balaban J connectivity index is 2.33. The zero-order chi connectivity index (χ0) is 12.2. The van der Waals surface area contributed by atoms with E-state index in [0.29, 0.717) is 0 Å². The van der Waals surface area contributed by atoms with Crippen LogP contribution >= 0.6 is 0 Å². The van der Waals surface area contributed by atoms with Crippen molar-refractivity contribution in [2.75, 3.05) is 46.9 Å². The summed E-state index contributed by atoms with van der Waals surface area (Å²) in [6, 6.07) is 0.235. The molecule has 0 saturated carbocycles. The summed E-state index contributed by atoms with van der Waals surface area (Å²) < 4.78 is 5.05. The first-order valence-electron chi connectivity index (χ1n) is 6.14. The third-order valence-corrected chi connectivity index (χ3v) is 3.58. The van der Waals surface area contributed by atoms with Gasteiger partial charge in [-0.15, -0.1) is 0 Å². The average molecular weight is 229 g/mol. The Labute approximate surface area is 99.7 Å². The lowest BCUT2D eigenvalue weighted by Crippen LogP contribution is -2.59. The molecule has 1 atom stereocenters. The molecule has 1 saturated heterocycles. The molecule has 1 aliphatic rings. The normalized spacial score (nSPS) is 24.6. The summed E-state index contributed by atoms with van der Waals surface area (Å²) in [5.74, 6) is 0. The molecular formula is C12H27N3O. The lowest BCUT2D eigenvalue weighted by atomic mass is 9.99. The molecule has 2 N–H and O–H groups in total. The molecule has 0 aliphatic carbocycles. The number of methoxy groups -OCH3 is 1. The van der Waals surface area contributed by atoms with E-state index >= 15 is 0 Å². The quantitative estimate of drug-likeness (QED) is 0.740. The number of piperazine rings is 1. The number of hydrogen-bond acceptors (Lipinski definition) is 4. The molecule has 0 bridgehead atoms. The Morgan fingerprint density at radius 1 is 1.38 bits per heavy atom. The molecular weight excluding hydrogens is 202 g/mol. The van der Waals surface area contributed by atoms with Crippen LogP contribution in [0, 0.1) is 0 Å². The summed E-state index contributed by atoms with van der Waals surface area (Å²) in [7, 11) is 3.92. The molecule has 96 valence electrons. The minimum Gasteiger partial charge on any atom is -0.385 e. The molecule has 16 heavy (non-hydrogen) atoms. The topological polar surface area (TPSA) is 41.7 Å². The van der Waals surface area contributed by atoms with Gasteiger partial charge in [-0.05, 0) is 27.3 Å². The fourth-order valence-corrected chi connectivity index (χ4v) is 2.19. The van der Waals surface area contributed by atoms with Crippen LogP contribution in [0.5, 0.6) is 0 Å². The number of likely N-dealkylation sites (N-methyl/N-ethyl adjacent to an activating group) is 1. The molecule has 0 aromatic heterocycles. The van der Waals surface area contributed by atoms with Gasteiger partial charge in [0.15, 0.2) is 0 Å². The first-order chi connectivity index (χ1) is 7.45. The van der Waals surface area contributed by atoms with E-state index in [9.17, 15) is 0 Å². The number of ether oxygens (including phenoxy) is 1. The average Bonchev–Trinajstić information content (AvgIpc) is 2.20. The molecule has 1 rings (SSSR count). The van der Waals surface area contributed by atoms with Crippen molar-refractivity contribution in [1.29, 1.82) is 0 Å². The Kier molecular flexibility index (Phi) is 5.18. The summed E-state index contributed by atoms with van der Waals surface area (Å²) in [6.45, 7) is 9.69. The summed E-state index contributed by atoms with van der Waals surface area (Å²) in [5.41, 5.74) is 6.34. The van der Waals surface area contributed by atoms with Gasteiger partial charge >= 0.3 is 0 Å². The van der Waals surface area contributed by atoms with E-state index in [1.54, 1.807) is 7.11 Å². The van der Waals surface area contributed by atoms with E-state index in [1.807, 2.05) is 0 Å². The summed E-state index contributed by atoms with van der Waals surface area (Å²) in [5, 5.41) is 0. The van der Waals surface area contributed by atoms with Crippen LogP contribution in [-0.2, 0) is 4.74 Å². The maximum Gasteiger partial charge on any atom is 0.0477 e. The van der Waals surface area contributed by atoms with Crippen molar-refractivity contribution in [3.8, 4) is 0 Å². The molecule has 0 amide bonds. The molecule has 0 radical (unpaired) electrons. The van der Waals surface area contributed by atoms with E-state index < -0.39 is 0 Å². The van der Waals surface area contributed by atoms with Crippen molar-refractivity contribution in [2.45, 2.75) is 31.8 Å². The Morgan fingerprint density at radius 2 is 2.06 bits per heavy atom.